The first-order chi connectivity index (χ1) is 18.4. The van der Waals surface area contributed by atoms with Gasteiger partial charge in [0.25, 0.3) is 5.91 Å². The minimum absolute atomic E-state index is 0.0962. The fourth-order valence-electron chi connectivity index (χ4n) is 4.55. The van der Waals surface area contributed by atoms with Gasteiger partial charge in [0.05, 0.1) is 18.0 Å². The molecule has 2 amide bonds. The molecule has 3 rings (SSSR count). The zero-order valence-electron chi connectivity index (χ0n) is 22.1. The molecule has 3 aromatic carbocycles. The number of amides is 2. The highest BCUT2D eigenvalue weighted by atomic mass is 19.2. The highest BCUT2D eigenvalue weighted by Gasteiger charge is 2.29. The van der Waals surface area contributed by atoms with Crippen LogP contribution < -0.4 is 10.6 Å². The van der Waals surface area contributed by atoms with Crippen LogP contribution in [0.25, 0.3) is 11.1 Å². The van der Waals surface area contributed by atoms with Crippen molar-refractivity contribution >= 4 is 17.8 Å². The molecule has 0 saturated heterocycles. The van der Waals surface area contributed by atoms with Crippen LogP contribution in [0.4, 0.5) is 13.2 Å². The Kier molecular flexibility index (Phi) is 9.51. The maximum absolute atomic E-state index is 15.1. The summed E-state index contributed by atoms with van der Waals surface area (Å²) in [6.45, 7) is 7.23. The number of carboxylic acid groups (broad SMARTS) is 1. The maximum Gasteiger partial charge on any atom is 0.305 e. The van der Waals surface area contributed by atoms with Gasteiger partial charge in [-0.3, -0.25) is 14.4 Å². The zero-order valence-corrected chi connectivity index (χ0v) is 22.1. The predicted molar refractivity (Wildman–Crippen MR) is 142 cm³/mol. The molecule has 0 aliphatic rings. The molecule has 0 radical (unpaired) electrons. The van der Waals surface area contributed by atoms with Gasteiger partial charge in [-0.05, 0) is 72.7 Å². The highest BCUT2D eigenvalue weighted by Crippen LogP contribution is 2.33. The highest BCUT2D eigenvalue weighted by molar-refractivity contribution is 5.97. The average molecular weight is 541 g/mol. The lowest BCUT2D eigenvalue weighted by molar-refractivity contribution is -0.137. The second-order valence-electron chi connectivity index (χ2n) is 9.92. The molecule has 0 heterocycles. The lowest BCUT2D eigenvalue weighted by Crippen LogP contribution is -2.48. The Morgan fingerprint density at radius 1 is 0.872 bits per heavy atom. The Bertz CT molecular complexity index is 1370. The molecule has 0 fully saturated rings. The van der Waals surface area contributed by atoms with Gasteiger partial charge in [-0.2, -0.15) is 0 Å². The van der Waals surface area contributed by atoms with Gasteiger partial charge in [-0.25, -0.2) is 13.2 Å². The number of halogens is 3. The van der Waals surface area contributed by atoms with E-state index >= 15 is 4.39 Å². The van der Waals surface area contributed by atoms with E-state index in [-0.39, 0.29) is 23.5 Å². The molecule has 0 bridgehead atoms. The van der Waals surface area contributed by atoms with Crippen LogP contribution in [-0.2, 0) is 9.59 Å². The van der Waals surface area contributed by atoms with E-state index in [0.717, 1.165) is 23.3 Å². The van der Waals surface area contributed by atoms with E-state index in [1.165, 1.54) is 24.3 Å². The molecule has 0 aromatic heterocycles. The SMILES string of the molecule is Cc1cccc(C)c1-c1cc(F)c(F)c([C@H](CC(=O)O)NC(=O)[C@H](CC(C)C)NC(=O)c2ccccc2F)c1. The quantitative estimate of drug-likeness (QED) is 0.300. The molecule has 3 aromatic rings. The standard InChI is InChI=1S/C30H31F3N2O4/c1-16(2)12-25(35-29(38)20-10-5-6-11-22(20)31)30(39)34-24(15-26(36)37)21-13-19(14-23(32)28(21)33)27-17(3)8-7-9-18(27)4/h5-11,13-14,16,24-25H,12,15H2,1-4H3,(H,34,39)(H,35,38)(H,36,37)/t24-,25-/m0/s1. The number of nitrogens with one attached hydrogen (secondary N) is 2. The molecular weight excluding hydrogens is 509 g/mol. The zero-order chi connectivity index (χ0) is 28.9. The number of carbonyl (C=O) groups is 3. The van der Waals surface area contributed by atoms with E-state index in [1.54, 1.807) is 13.8 Å². The number of rotatable bonds is 10. The van der Waals surface area contributed by atoms with Crippen molar-refractivity contribution in [2.75, 3.05) is 0 Å². The van der Waals surface area contributed by atoms with Crippen LogP contribution in [0, 0.1) is 37.2 Å². The number of hydrogen-bond acceptors (Lipinski definition) is 3. The Balaban J connectivity index is 1.99. The third kappa shape index (κ3) is 7.25. The first-order valence-corrected chi connectivity index (χ1v) is 12.5. The molecule has 0 aliphatic heterocycles. The summed E-state index contributed by atoms with van der Waals surface area (Å²) in [7, 11) is 0. The van der Waals surface area contributed by atoms with Gasteiger partial charge in [0.1, 0.15) is 11.9 Å². The summed E-state index contributed by atoms with van der Waals surface area (Å²) in [5.74, 6) is -6.35. The molecule has 39 heavy (non-hydrogen) atoms. The summed E-state index contributed by atoms with van der Waals surface area (Å²) in [6.07, 6.45) is -0.612. The van der Waals surface area contributed by atoms with Crippen LogP contribution in [0.3, 0.4) is 0 Å². The van der Waals surface area contributed by atoms with Gasteiger partial charge >= 0.3 is 5.97 Å². The van der Waals surface area contributed by atoms with E-state index in [0.29, 0.717) is 11.1 Å². The number of benzene rings is 3. The third-order valence-corrected chi connectivity index (χ3v) is 6.34. The van der Waals surface area contributed by atoms with Crippen molar-refractivity contribution in [1.29, 1.82) is 0 Å². The largest absolute Gasteiger partial charge is 0.481 e. The van der Waals surface area contributed by atoms with Crippen molar-refractivity contribution in [3.8, 4) is 11.1 Å². The number of hydrogen-bond donors (Lipinski definition) is 3. The van der Waals surface area contributed by atoms with Crippen molar-refractivity contribution in [1.82, 2.24) is 10.6 Å². The third-order valence-electron chi connectivity index (χ3n) is 6.34. The van der Waals surface area contributed by atoms with Gasteiger partial charge in [0.15, 0.2) is 11.6 Å². The number of carboxylic acids is 1. The minimum atomic E-state index is -1.45. The number of carbonyl (C=O) groups excluding carboxylic acids is 2. The lowest BCUT2D eigenvalue weighted by atomic mass is 9.92. The van der Waals surface area contributed by atoms with Crippen LogP contribution in [0.1, 0.15) is 59.8 Å². The Hall–Kier alpha value is -4.14. The summed E-state index contributed by atoms with van der Waals surface area (Å²) >= 11 is 0. The summed E-state index contributed by atoms with van der Waals surface area (Å²) < 4.78 is 44.1. The monoisotopic (exact) mass is 540 g/mol. The lowest BCUT2D eigenvalue weighted by Gasteiger charge is -2.25. The maximum atomic E-state index is 15.1. The molecule has 0 spiro atoms. The topological polar surface area (TPSA) is 95.5 Å². The van der Waals surface area contributed by atoms with Crippen molar-refractivity contribution < 1.29 is 32.7 Å². The normalized spacial score (nSPS) is 12.6. The minimum Gasteiger partial charge on any atom is -0.481 e. The van der Waals surface area contributed by atoms with Crippen molar-refractivity contribution in [3.63, 3.8) is 0 Å². The van der Waals surface area contributed by atoms with Crippen LogP contribution in [0.2, 0.25) is 0 Å². The molecule has 0 saturated carbocycles. The summed E-state index contributed by atoms with van der Waals surface area (Å²) in [5, 5.41) is 14.5. The predicted octanol–water partition coefficient (Wildman–Crippen LogP) is 5.86. The smallest absolute Gasteiger partial charge is 0.305 e. The second-order valence-corrected chi connectivity index (χ2v) is 9.92. The first kappa shape index (κ1) is 29.4. The number of aryl methyl sites for hydroxylation is 2. The van der Waals surface area contributed by atoms with Crippen LogP contribution in [0.15, 0.2) is 54.6 Å². The molecule has 0 aliphatic carbocycles. The van der Waals surface area contributed by atoms with E-state index in [4.69, 9.17) is 0 Å². The fraction of sp³-hybridized carbons (Fsp3) is 0.300. The van der Waals surface area contributed by atoms with E-state index < -0.39 is 53.7 Å². The Morgan fingerprint density at radius 3 is 2.10 bits per heavy atom. The van der Waals surface area contributed by atoms with E-state index in [1.807, 2.05) is 32.0 Å². The summed E-state index contributed by atoms with van der Waals surface area (Å²) in [6, 6.07) is 10.4. The fourth-order valence-corrected chi connectivity index (χ4v) is 4.55. The summed E-state index contributed by atoms with van der Waals surface area (Å²) in [4.78, 5) is 37.7. The van der Waals surface area contributed by atoms with Crippen molar-refractivity contribution in [2.24, 2.45) is 5.92 Å². The molecule has 206 valence electrons. The molecule has 2 atom stereocenters. The molecule has 6 nitrogen and oxygen atoms in total. The van der Waals surface area contributed by atoms with Gasteiger partial charge in [0.2, 0.25) is 5.91 Å². The summed E-state index contributed by atoms with van der Waals surface area (Å²) in [5.41, 5.74) is 1.99. The van der Waals surface area contributed by atoms with E-state index in [9.17, 15) is 28.3 Å². The Labute approximate surface area is 225 Å². The first-order valence-electron chi connectivity index (χ1n) is 12.5. The van der Waals surface area contributed by atoms with Crippen LogP contribution >= 0.6 is 0 Å². The Morgan fingerprint density at radius 2 is 1.51 bits per heavy atom. The van der Waals surface area contributed by atoms with Gasteiger partial charge in [-0.15, -0.1) is 0 Å². The van der Waals surface area contributed by atoms with Gasteiger partial charge in [0, 0.05) is 5.56 Å². The number of aliphatic carboxylic acids is 1. The van der Waals surface area contributed by atoms with Crippen LogP contribution in [-0.4, -0.2) is 28.9 Å². The van der Waals surface area contributed by atoms with E-state index in [2.05, 4.69) is 10.6 Å². The molecule has 9 heteroatoms. The van der Waals surface area contributed by atoms with Crippen molar-refractivity contribution in [3.05, 3.63) is 94.3 Å². The molecular formula is C30H31F3N2O4. The molecule has 0 unspecified atom stereocenters. The van der Waals surface area contributed by atoms with Gasteiger partial charge < -0.3 is 15.7 Å². The molecule has 3 N–H and O–H groups in total. The van der Waals surface area contributed by atoms with Crippen molar-refractivity contribution in [2.45, 2.75) is 52.6 Å². The van der Waals surface area contributed by atoms with Gasteiger partial charge in [-0.1, -0.05) is 44.2 Å². The average Bonchev–Trinajstić information content (AvgIpc) is 2.84. The second kappa shape index (κ2) is 12.6. The van der Waals surface area contributed by atoms with Crippen LogP contribution in [0.5, 0.6) is 0 Å².